The Kier molecular flexibility index (Phi) is 7.03. The molecule has 5 nitrogen and oxygen atoms in total. The molecule has 7 heteroatoms. The zero-order valence-electron chi connectivity index (χ0n) is 22.3. The van der Waals surface area contributed by atoms with Crippen molar-refractivity contribution >= 4 is 61.3 Å². The van der Waals surface area contributed by atoms with Crippen LogP contribution in [0.25, 0.3) is 62.0 Å². The molecule has 3 N–H and O–H groups in total. The van der Waals surface area contributed by atoms with Crippen molar-refractivity contribution in [3.8, 4) is 34.2 Å². The second-order valence-corrected chi connectivity index (χ2v) is 11.7. The minimum Gasteiger partial charge on any atom is -0.398 e. The van der Waals surface area contributed by atoms with Gasteiger partial charge in [0.1, 0.15) is 0 Å². The molecule has 2 aromatic heterocycles. The number of nitrogens with zero attached hydrogens (tertiary/aromatic N) is 3. The molecular formula is C35H24BrN5S. The Morgan fingerprint density at radius 3 is 2.05 bits per heavy atom. The van der Waals surface area contributed by atoms with Gasteiger partial charge in [-0.1, -0.05) is 113 Å². The summed E-state index contributed by atoms with van der Waals surface area (Å²) in [6, 6.07) is 38.7. The van der Waals surface area contributed by atoms with Crippen LogP contribution in [0, 0.1) is 0 Å². The summed E-state index contributed by atoms with van der Waals surface area (Å²) in [6.07, 6.45) is 2.09. The Hall–Kier alpha value is -4.72. The van der Waals surface area contributed by atoms with Crippen molar-refractivity contribution < 1.29 is 0 Å². The maximum Gasteiger partial charge on any atom is 0.164 e. The van der Waals surface area contributed by atoms with Gasteiger partial charge in [0.05, 0.1) is 0 Å². The van der Waals surface area contributed by atoms with E-state index in [2.05, 4.69) is 68.8 Å². The number of H-pyrrole nitrogens is 1. The van der Waals surface area contributed by atoms with E-state index in [0.717, 1.165) is 48.3 Å². The summed E-state index contributed by atoms with van der Waals surface area (Å²) in [6.45, 7) is 0. The summed E-state index contributed by atoms with van der Waals surface area (Å²) in [7, 11) is 0. The minimum absolute atomic E-state index is 0.628. The van der Waals surface area contributed by atoms with Crippen LogP contribution in [0.3, 0.4) is 0 Å². The maximum atomic E-state index is 6.39. The van der Waals surface area contributed by atoms with Crippen molar-refractivity contribution in [1.29, 1.82) is 0 Å². The zero-order chi connectivity index (χ0) is 28.5. The monoisotopic (exact) mass is 625 g/mol. The smallest absolute Gasteiger partial charge is 0.164 e. The number of aromatic amines is 1. The van der Waals surface area contributed by atoms with Gasteiger partial charge in [-0.3, -0.25) is 0 Å². The predicted octanol–water partition coefficient (Wildman–Crippen LogP) is 9.61. The van der Waals surface area contributed by atoms with E-state index in [1.54, 1.807) is 11.8 Å². The van der Waals surface area contributed by atoms with Gasteiger partial charge in [0, 0.05) is 53.6 Å². The van der Waals surface area contributed by atoms with Gasteiger partial charge >= 0.3 is 0 Å². The summed E-state index contributed by atoms with van der Waals surface area (Å²) in [4.78, 5) is 18.9. The Labute approximate surface area is 255 Å². The molecule has 0 unspecified atom stereocenters. The second-order valence-electron chi connectivity index (χ2n) is 9.83. The van der Waals surface area contributed by atoms with Crippen LogP contribution in [0.1, 0.15) is 5.56 Å². The van der Waals surface area contributed by atoms with Crippen LogP contribution in [-0.2, 0) is 0 Å². The van der Waals surface area contributed by atoms with Crippen molar-refractivity contribution in [2.45, 2.75) is 4.90 Å². The quantitative estimate of drug-likeness (QED) is 0.142. The third kappa shape index (κ3) is 5.32. The summed E-state index contributed by atoms with van der Waals surface area (Å²) in [5.41, 5.74) is 13.2. The molecule has 7 rings (SSSR count). The van der Waals surface area contributed by atoms with Crippen LogP contribution in [0.4, 0.5) is 5.69 Å². The summed E-state index contributed by atoms with van der Waals surface area (Å²) >= 11 is 5.18. The van der Waals surface area contributed by atoms with Crippen molar-refractivity contribution in [2.24, 2.45) is 0 Å². The number of rotatable bonds is 6. The lowest BCUT2D eigenvalue weighted by atomic mass is 10.1. The molecule has 2 heterocycles. The number of halogens is 1. The van der Waals surface area contributed by atoms with Gasteiger partial charge in [-0.2, -0.15) is 0 Å². The van der Waals surface area contributed by atoms with Crippen molar-refractivity contribution in [3.63, 3.8) is 0 Å². The lowest BCUT2D eigenvalue weighted by molar-refractivity contribution is 1.07. The molecule has 5 aromatic carbocycles. The fraction of sp³-hybridized carbons (Fsp3) is 0. The highest BCUT2D eigenvalue weighted by atomic mass is 79.9. The van der Waals surface area contributed by atoms with Gasteiger partial charge in [-0.15, -0.1) is 0 Å². The number of hydrogen-bond donors (Lipinski definition) is 2. The molecule has 0 bridgehead atoms. The molecule has 42 heavy (non-hydrogen) atoms. The largest absolute Gasteiger partial charge is 0.398 e. The molecule has 202 valence electrons. The Balaban J connectivity index is 1.16. The molecule has 0 aliphatic carbocycles. The first-order chi connectivity index (χ1) is 20.6. The number of anilines is 1. The van der Waals surface area contributed by atoms with E-state index in [0.29, 0.717) is 17.5 Å². The Morgan fingerprint density at radius 1 is 0.619 bits per heavy atom. The summed E-state index contributed by atoms with van der Waals surface area (Å²) in [5.74, 6) is 1.90. The highest BCUT2D eigenvalue weighted by Gasteiger charge is 2.13. The molecular weight excluding hydrogens is 602 g/mol. The van der Waals surface area contributed by atoms with Crippen LogP contribution < -0.4 is 5.73 Å². The molecule has 0 aliphatic heterocycles. The Bertz CT molecular complexity index is 2090. The van der Waals surface area contributed by atoms with Gasteiger partial charge in [0.2, 0.25) is 0 Å². The van der Waals surface area contributed by atoms with Crippen LogP contribution in [0.5, 0.6) is 0 Å². The van der Waals surface area contributed by atoms with Gasteiger partial charge < -0.3 is 10.7 Å². The van der Waals surface area contributed by atoms with E-state index in [9.17, 15) is 0 Å². The molecule has 0 fully saturated rings. The van der Waals surface area contributed by atoms with Crippen LogP contribution in [0.15, 0.2) is 130 Å². The van der Waals surface area contributed by atoms with Crippen LogP contribution in [-0.4, -0.2) is 19.9 Å². The molecule has 0 amide bonds. The normalized spacial score (nSPS) is 11.5. The van der Waals surface area contributed by atoms with E-state index < -0.39 is 0 Å². The number of thioether (sulfide) groups is 1. The van der Waals surface area contributed by atoms with E-state index >= 15 is 0 Å². The maximum absolute atomic E-state index is 6.39. The number of hydrogen-bond acceptors (Lipinski definition) is 5. The lowest BCUT2D eigenvalue weighted by Gasteiger charge is -2.09. The average molecular weight is 627 g/mol. The molecule has 0 spiro atoms. The minimum atomic E-state index is 0.628. The molecule has 0 saturated heterocycles. The van der Waals surface area contributed by atoms with Gasteiger partial charge in [-0.25, -0.2) is 15.0 Å². The first-order valence-electron chi connectivity index (χ1n) is 13.4. The highest BCUT2D eigenvalue weighted by molar-refractivity contribution is 9.10. The summed E-state index contributed by atoms with van der Waals surface area (Å²) in [5, 5.41) is 4.45. The molecule has 0 saturated carbocycles. The number of nitrogen functional groups attached to an aromatic ring is 1. The first kappa shape index (κ1) is 26.2. The van der Waals surface area contributed by atoms with E-state index in [4.69, 9.17) is 20.7 Å². The molecule has 0 atom stereocenters. The van der Waals surface area contributed by atoms with E-state index in [-0.39, 0.29) is 0 Å². The molecule has 0 aliphatic rings. The third-order valence-electron chi connectivity index (χ3n) is 7.01. The number of para-hydroxylation sites is 1. The summed E-state index contributed by atoms with van der Waals surface area (Å²) < 4.78 is 0.973. The number of fused-ring (bicyclic) bond motifs is 3. The Morgan fingerprint density at radius 2 is 1.29 bits per heavy atom. The standard InChI is InChI=1S/C35H24BrN5S/c36-26-10-6-9-25(19-26)35-40-33(23-7-2-1-3-8-23)39-34(41-35)24-15-13-22(14-16-24)17-18-42-32-20-28-27-11-4-5-12-30(27)38-31(28)21-29(32)37/h1-21,38H,37H2/b18-17+. The number of benzene rings is 5. The second kappa shape index (κ2) is 11.3. The third-order valence-corrected chi connectivity index (χ3v) is 8.38. The van der Waals surface area contributed by atoms with E-state index in [1.807, 2.05) is 78.9 Å². The van der Waals surface area contributed by atoms with Gasteiger partial charge in [0.15, 0.2) is 17.5 Å². The van der Waals surface area contributed by atoms with Gasteiger partial charge in [-0.05, 0) is 47.4 Å². The first-order valence-corrected chi connectivity index (χ1v) is 15.1. The van der Waals surface area contributed by atoms with E-state index in [1.165, 1.54) is 10.8 Å². The predicted molar refractivity (Wildman–Crippen MR) is 179 cm³/mol. The number of nitrogens with two attached hydrogens (primary N) is 1. The number of nitrogens with one attached hydrogen (secondary N) is 1. The van der Waals surface area contributed by atoms with Gasteiger partial charge in [0.25, 0.3) is 0 Å². The average Bonchev–Trinajstić information content (AvgIpc) is 3.39. The topological polar surface area (TPSA) is 80.5 Å². The molecule has 0 radical (unpaired) electrons. The van der Waals surface area contributed by atoms with Crippen molar-refractivity contribution in [1.82, 2.24) is 19.9 Å². The van der Waals surface area contributed by atoms with Crippen LogP contribution in [0.2, 0.25) is 0 Å². The fourth-order valence-corrected chi connectivity index (χ4v) is 6.06. The molecule has 7 aromatic rings. The highest BCUT2D eigenvalue weighted by Crippen LogP contribution is 2.35. The van der Waals surface area contributed by atoms with Crippen LogP contribution >= 0.6 is 27.7 Å². The van der Waals surface area contributed by atoms with Crippen molar-refractivity contribution in [2.75, 3.05) is 5.73 Å². The van der Waals surface area contributed by atoms with Crippen molar-refractivity contribution in [3.05, 3.63) is 131 Å². The fourth-order valence-electron chi connectivity index (χ4n) is 4.90. The zero-order valence-corrected chi connectivity index (χ0v) is 24.7. The number of aromatic nitrogens is 4. The SMILES string of the molecule is Nc1cc2[nH]c3ccccc3c2cc1S/C=C/c1ccc(-c2nc(-c3ccccc3)nc(-c3cccc(Br)c3)n2)cc1. The lowest BCUT2D eigenvalue weighted by Crippen LogP contribution is -2.00.